The van der Waals surface area contributed by atoms with Gasteiger partial charge in [-0.3, -0.25) is 4.79 Å². The van der Waals surface area contributed by atoms with Crippen LogP contribution in [0.25, 0.3) is 0 Å². The molecule has 0 spiro atoms. The summed E-state index contributed by atoms with van der Waals surface area (Å²) in [5, 5.41) is 4.02. The molecule has 3 rings (SSSR count). The van der Waals surface area contributed by atoms with Crippen molar-refractivity contribution in [3.05, 3.63) is 71.9 Å². The molecule has 0 aliphatic rings. The fraction of sp³-hybridized carbons (Fsp3) is 0.261. The summed E-state index contributed by atoms with van der Waals surface area (Å²) in [6.45, 7) is 5.94. The first kappa shape index (κ1) is 20.9. The Balaban J connectivity index is 1.62. The molecule has 1 N–H and O–H groups in total. The van der Waals surface area contributed by atoms with E-state index in [4.69, 9.17) is 4.74 Å². The van der Waals surface area contributed by atoms with Crippen molar-refractivity contribution in [2.45, 2.75) is 38.1 Å². The number of esters is 1. The Bertz CT molecular complexity index is 944. The van der Waals surface area contributed by atoms with Crippen molar-refractivity contribution in [3.63, 3.8) is 0 Å². The number of benzene rings is 2. The van der Waals surface area contributed by atoms with Gasteiger partial charge in [0.1, 0.15) is 11.6 Å². The summed E-state index contributed by atoms with van der Waals surface area (Å²) in [5.41, 5.74) is 3.00. The van der Waals surface area contributed by atoms with Gasteiger partial charge in [0.15, 0.2) is 5.16 Å². The summed E-state index contributed by atoms with van der Waals surface area (Å²) in [7, 11) is 0. The normalized spacial score (nSPS) is 10.8. The van der Waals surface area contributed by atoms with Gasteiger partial charge in [-0.05, 0) is 42.7 Å². The molecule has 0 saturated carbocycles. The van der Waals surface area contributed by atoms with Crippen molar-refractivity contribution < 1.29 is 9.53 Å². The zero-order valence-corrected chi connectivity index (χ0v) is 17.7. The van der Waals surface area contributed by atoms with Gasteiger partial charge in [-0.15, -0.1) is 0 Å². The highest BCUT2D eigenvalue weighted by molar-refractivity contribution is 7.98. The average molecular weight is 408 g/mol. The number of aryl methyl sites for hydroxylation is 1. The number of thioether (sulfide) groups is 1. The van der Waals surface area contributed by atoms with Crippen LogP contribution in [0.3, 0.4) is 0 Å². The molecule has 3 aromatic rings. The number of hydrogen-bond acceptors (Lipinski definition) is 6. The quantitative estimate of drug-likeness (QED) is 0.221. The highest BCUT2D eigenvalue weighted by Crippen LogP contribution is 2.24. The Kier molecular flexibility index (Phi) is 7.25. The minimum atomic E-state index is -0.216. The molecule has 0 aliphatic carbocycles. The van der Waals surface area contributed by atoms with Gasteiger partial charge >= 0.3 is 5.97 Å². The first-order valence-corrected chi connectivity index (χ1v) is 10.6. The van der Waals surface area contributed by atoms with Crippen LogP contribution in [0.2, 0.25) is 0 Å². The van der Waals surface area contributed by atoms with Gasteiger partial charge in [-0.25, -0.2) is 9.97 Å². The van der Waals surface area contributed by atoms with E-state index in [0.717, 1.165) is 28.1 Å². The SMILES string of the molecule is Cc1cc(Nc2ccc(OC(=O)CC(C)C)cc2)nc(SCc2ccccc2)n1. The Morgan fingerprint density at radius 1 is 1.07 bits per heavy atom. The van der Waals surface area contributed by atoms with Crippen molar-refractivity contribution >= 4 is 29.2 Å². The number of carbonyl (C=O) groups is 1. The molecule has 0 atom stereocenters. The molecule has 1 aromatic heterocycles. The summed E-state index contributed by atoms with van der Waals surface area (Å²) in [4.78, 5) is 20.9. The third-order valence-corrected chi connectivity index (χ3v) is 4.90. The monoisotopic (exact) mass is 407 g/mol. The van der Waals surface area contributed by atoms with Gasteiger partial charge in [0, 0.05) is 29.6 Å². The van der Waals surface area contributed by atoms with Crippen LogP contribution < -0.4 is 10.1 Å². The van der Waals surface area contributed by atoms with Crippen molar-refractivity contribution in [2.75, 3.05) is 5.32 Å². The Morgan fingerprint density at radius 2 is 1.79 bits per heavy atom. The maximum atomic E-state index is 11.8. The van der Waals surface area contributed by atoms with Crippen LogP contribution in [0.4, 0.5) is 11.5 Å². The van der Waals surface area contributed by atoms with Crippen molar-refractivity contribution in [1.29, 1.82) is 0 Å². The zero-order valence-electron chi connectivity index (χ0n) is 16.9. The minimum absolute atomic E-state index is 0.216. The molecule has 0 radical (unpaired) electrons. The highest BCUT2D eigenvalue weighted by Gasteiger charge is 2.08. The molecule has 2 aromatic carbocycles. The first-order valence-electron chi connectivity index (χ1n) is 9.58. The predicted octanol–water partition coefficient (Wildman–Crippen LogP) is 5.77. The van der Waals surface area contributed by atoms with E-state index in [-0.39, 0.29) is 11.9 Å². The number of rotatable bonds is 8. The molecule has 0 saturated heterocycles. The summed E-state index contributed by atoms with van der Waals surface area (Å²) in [5.74, 6) is 2.16. The molecule has 150 valence electrons. The third-order valence-electron chi connectivity index (χ3n) is 3.98. The Labute approximate surface area is 175 Å². The van der Waals surface area contributed by atoms with Crippen molar-refractivity contribution in [3.8, 4) is 5.75 Å². The lowest BCUT2D eigenvalue weighted by Gasteiger charge is -2.10. The fourth-order valence-electron chi connectivity index (χ4n) is 2.65. The van der Waals surface area contributed by atoms with Crippen LogP contribution in [0.15, 0.2) is 65.8 Å². The number of carbonyl (C=O) groups excluding carboxylic acids is 1. The molecule has 0 bridgehead atoms. The molecule has 0 fully saturated rings. The van der Waals surface area contributed by atoms with Crippen LogP contribution in [0.1, 0.15) is 31.5 Å². The molecular weight excluding hydrogens is 382 g/mol. The second-order valence-electron chi connectivity index (χ2n) is 7.17. The van der Waals surface area contributed by atoms with Crippen molar-refractivity contribution in [2.24, 2.45) is 5.92 Å². The third kappa shape index (κ3) is 6.91. The first-order chi connectivity index (χ1) is 14.0. The van der Waals surface area contributed by atoms with Crippen LogP contribution >= 0.6 is 11.8 Å². The lowest BCUT2D eigenvalue weighted by Crippen LogP contribution is -2.10. The number of nitrogens with one attached hydrogen (secondary N) is 1. The number of nitrogens with zero attached hydrogens (tertiary/aromatic N) is 2. The summed E-state index contributed by atoms with van der Waals surface area (Å²) < 4.78 is 5.35. The Hall–Kier alpha value is -2.86. The van der Waals surface area contributed by atoms with Gasteiger partial charge in [-0.1, -0.05) is 55.9 Å². The van der Waals surface area contributed by atoms with Gasteiger partial charge in [0.25, 0.3) is 0 Å². The van der Waals surface area contributed by atoms with Gasteiger partial charge in [-0.2, -0.15) is 0 Å². The molecule has 6 heteroatoms. The second kappa shape index (κ2) is 10.1. The number of anilines is 2. The van der Waals surface area contributed by atoms with E-state index in [1.165, 1.54) is 5.56 Å². The van der Waals surface area contributed by atoms with Crippen LogP contribution in [0.5, 0.6) is 5.75 Å². The molecule has 0 amide bonds. The largest absolute Gasteiger partial charge is 0.427 e. The Morgan fingerprint density at radius 3 is 2.48 bits per heavy atom. The highest BCUT2D eigenvalue weighted by atomic mass is 32.2. The summed E-state index contributed by atoms with van der Waals surface area (Å²) in [6, 6.07) is 19.5. The average Bonchev–Trinajstić information content (AvgIpc) is 2.68. The van der Waals surface area contributed by atoms with E-state index in [9.17, 15) is 4.79 Å². The number of ether oxygens (including phenoxy) is 1. The fourth-order valence-corrected chi connectivity index (χ4v) is 3.51. The molecule has 0 unspecified atom stereocenters. The standard InChI is InChI=1S/C23H25N3O2S/c1-16(2)13-22(27)28-20-11-9-19(10-12-20)25-21-14-17(3)24-23(26-21)29-15-18-7-5-4-6-8-18/h4-12,14,16H,13,15H2,1-3H3,(H,24,25,26). The maximum Gasteiger partial charge on any atom is 0.311 e. The minimum Gasteiger partial charge on any atom is -0.427 e. The lowest BCUT2D eigenvalue weighted by molar-refractivity contribution is -0.135. The molecular formula is C23H25N3O2S. The predicted molar refractivity (Wildman–Crippen MR) is 118 cm³/mol. The van der Waals surface area contributed by atoms with E-state index < -0.39 is 0 Å². The van der Waals surface area contributed by atoms with E-state index in [2.05, 4.69) is 27.4 Å². The zero-order chi connectivity index (χ0) is 20.6. The lowest BCUT2D eigenvalue weighted by atomic mass is 10.1. The van der Waals surface area contributed by atoms with E-state index in [1.807, 2.05) is 57.2 Å². The second-order valence-corrected chi connectivity index (χ2v) is 8.12. The van der Waals surface area contributed by atoms with E-state index >= 15 is 0 Å². The molecule has 5 nitrogen and oxygen atoms in total. The van der Waals surface area contributed by atoms with Crippen LogP contribution in [-0.2, 0) is 10.5 Å². The number of aromatic nitrogens is 2. The van der Waals surface area contributed by atoms with Crippen LogP contribution in [-0.4, -0.2) is 15.9 Å². The van der Waals surface area contributed by atoms with Gasteiger partial charge in [0.2, 0.25) is 0 Å². The molecule has 29 heavy (non-hydrogen) atoms. The number of hydrogen-bond donors (Lipinski definition) is 1. The smallest absolute Gasteiger partial charge is 0.311 e. The summed E-state index contributed by atoms with van der Waals surface area (Å²) >= 11 is 1.61. The van der Waals surface area contributed by atoms with Gasteiger partial charge in [0.05, 0.1) is 0 Å². The summed E-state index contributed by atoms with van der Waals surface area (Å²) in [6.07, 6.45) is 0.406. The van der Waals surface area contributed by atoms with Gasteiger partial charge < -0.3 is 10.1 Å². The van der Waals surface area contributed by atoms with E-state index in [1.54, 1.807) is 23.9 Å². The van der Waals surface area contributed by atoms with Crippen LogP contribution in [0, 0.1) is 12.8 Å². The van der Waals surface area contributed by atoms with Crippen molar-refractivity contribution in [1.82, 2.24) is 9.97 Å². The van der Waals surface area contributed by atoms with E-state index in [0.29, 0.717) is 12.2 Å². The topological polar surface area (TPSA) is 64.1 Å². The molecule has 1 heterocycles. The maximum absolute atomic E-state index is 11.8. The molecule has 0 aliphatic heterocycles.